The van der Waals surface area contributed by atoms with E-state index in [9.17, 15) is 4.79 Å². The molecule has 0 radical (unpaired) electrons. The largest absolute Gasteiger partial charge is 0.464 e. The van der Waals surface area contributed by atoms with Crippen LogP contribution in [0.3, 0.4) is 0 Å². The van der Waals surface area contributed by atoms with Crippen LogP contribution in [0.25, 0.3) is 0 Å². The van der Waals surface area contributed by atoms with Gasteiger partial charge in [0.15, 0.2) is 5.69 Å². The van der Waals surface area contributed by atoms with Crippen LogP contribution in [0, 0.1) is 5.41 Å². The number of nitrogens with zero attached hydrogens (tertiary/aromatic N) is 2. The molecule has 0 aliphatic carbocycles. The lowest BCUT2D eigenvalue weighted by atomic mass is 9.89. The lowest BCUT2D eigenvalue weighted by Crippen LogP contribution is -2.19. The lowest BCUT2D eigenvalue weighted by molar-refractivity contribution is 0.0593. The van der Waals surface area contributed by atoms with Gasteiger partial charge in [0, 0.05) is 6.04 Å². The molecule has 0 saturated carbocycles. The molecule has 0 aliphatic heterocycles. The summed E-state index contributed by atoms with van der Waals surface area (Å²) in [5, 5.41) is 11.1. The Morgan fingerprint density at radius 2 is 2.05 bits per heavy atom. The Bertz CT molecular complexity index is 410. The average molecular weight is 265 g/mol. The first kappa shape index (κ1) is 15.4. The third-order valence-electron chi connectivity index (χ3n) is 2.78. The first-order valence-corrected chi connectivity index (χ1v) is 6.50. The topological polar surface area (TPSA) is 64.1 Å². The number of nitrogens with one attached hydrogen (secondary N) is 1. The minimum atomic E-state index is -0.472. The van der Waals surface area contributed by atoms with Crippen molar-refractivity contribution in [2.75, 3.05) is 12.4 Å². The summed E-state index contributed by atoms with van der Waals surface area (Å²) in [4.78, 5) is 11.2. The number of esters is 1. The zero-order valence-corrected chi connectivity index (χ0v) is 12.4. The van der Waals surface area contributed by atoms with Crippen molar-refractivity contribution in [1.82, 2.24) is 10.2 Å². The summed E-state index contributed by atoms with van der Waals surface area (Å²) in [5.74, 6) is 0.203. The predicted octanol–water partition coefficient (Wildman–Crippen LogP) is 2.89. The van der Waals surface area contributed by atoms with Crippen LogP contribution >= 0.6 is 0 Å². The van der Waals surface area contributed by atoms with Crippen LogP contribution in [0.5, 0.6) is 0 Å². The molecule has 1 heterocycles. The van der Waals surface area contributed by atoms with Gasteiger partial charge in [-0.3, -0.25) is 0 Å². The molecule has 106 valence electrons. The Labute approximate surface area is 114 Å². The average Bonchev–Trinajstić information content (AvgIpc) is 2.35. The molecule has 0 bridgehead atoms. The predicted molar refractivity (Wildman–Crippen MR) is 75.1 cm³/mol. The highest BCUT2D eigenvalue weighted by Crippen LogP contribution is 2.22. The van der Waals surface area contributed by atoms with Gasteiger partial charge >= 0.3 is 5.97 Å². The maximum atomic E-state index is 11.2. The molecule has 19 heavy (non-hydrogen) atoms. The number of hydrogen-bond acceptors (Lipinski definition) is 5. The van der Waals surface area contributed by atoms with E-state index in [1.165, 1.54) is 7.11 Å². The molecule has 0 fully saturated rings. The number of aromatic nitrogens is 2. The summed E-state index contributed by atoms with van der Waals surface area (Å²) in [5.41, 5.74) is 0.548. The summed E-state index contributed by atoms with van der Waals surface area (Å²) >= 11 is 0. The molecule has 1 unspecified atom stereocenters. The molecule has 1 atom stereocenters. The fourth-order valence-corrected chi connectivity index (χ4v) is 1.60. The van der Waals surface area contributed by atoms with Crippen LogP contribution in [0.1, 0.15) is 51.0 Å². The Morgan fingerprint density at radius 3 is 2.53 bits per heavy atom. The van der Waals surface area contributed by atoms with Gasteiger partial charge < -0.3 is 10.1 Å². The van der Waals surface area contributed by atoms with Gasteiger partial charge in [-0.15, -0.1) is 10.2 Å². The Kier molecular flexibility index (Phi) is 5.27. The van der Waals surface area contributed by atoms with Gasteiger partial charge in [0.1, 0.15) is 5.82 Å². The van der Waals surface area contributed by atoms with Gasteiger partial charge in [-0.05, 0) is 37.3 Å². The van der Waals surface area contributed by atoms with Crippen molar-refractivity contribution in [3.63, 3.8) is 0 Å². The second kappa shape index (κ2) is 6.50. The Hall–Kier alpha value is -1.65. The summed E-state index contributed by atoms with van der Waals surface area (Å²) in [6, 6.07) is 3.67. The van der Waals surface area contributed by atoms with Crippen molar-refractivity contribution >= 4 is 11.8 Å². The van der Waals surface area contributed by atoms with E-state index >= 15 is 0 Å². The monoisotopic (exact) mass is 265 g/mol. The number of anilines is 1. The van der Waals surface area contributed by atoms with Gasteiger partial charge in [0.05, 0.1) is 7.11 Å². The van der Waals surface area contributed by atoms with E-state index in [4.69, 9.17) is 0 Å². The van der Waals surface area contributed by atoms with Gasteiger partial charge in [-0.2, -0.15) is 0 Å². The number of hydrogen-bond donors (Lipinski definition) is 1. The van der Waals surface area contributed by atoms with Crippen LogP contribution < -0.4 is 5.32 Å². The number of rotatable bonds is 5. The van der Waals surface area contributed by atoms with Crippen molar-refractivity contribution in [2.24, 2.45) is 5.41 Å². The van der Waals surface area contributed by atoms with Gasteiger partial charge in [0.25, 0.3) is 0 Å². The van der Waals surface area contributed by atoms with E-state index in [0.29, 0.717) is 17.3 Å². The van der Waals surface area contributed by atoms with Crippen LogP contribution in [0.15, 0.2) is 12.1 Å². The molecule has 5 heteroatoms. The summed E-state index contributed by atoms with van der Waals surface area (Å²) in [6.45, 7) is 8.79. The Balaban J connectivity index is 2.51. The minimum Gasteiger partial charge on any atom is -0.464 e. The van der Waals surface area contributed by atoms with Gasteiger partial charge in [-0.1, -0.05) is 20.8 Å². The minimum absolute atomic E-state index is 0.218. The van der Waals surface area contributed by atoms with Crippen molar-refractivity contribution in [3.8, 4) is 0 Å². The first-order chi connectivity index (χ1) is 8.81. The number of carbonyl (C=O) groups is 1. The van der Waals surface area contributed by atoms with Crippen molar-refractivity contribution < 1.29 is 9.53 Å². The molecule has 0 aromatic carbocycles. The van der Waals surface area contributed by atoms with Crippen LogP contribution in [0.2, 0.25) is 0 Å². The molecule has 1 N–H and O–H groups in total. The molecule has 1 rings (SSSR count). The van der Waals surface area contributed by atoms with E-state index < -0.39 is 5.97 Å². The highest BCUT2D eigenvalue weighted by molar-refractivity contribution is 5.86. The Morgan fingerprint density at radius 1 is 1.37 bits per heavy atom. The molecule has 0 aliphatic rings. The molecule has 0 saturated heterocycles. The number of ether oxygens (including phenoxy) is 1. The molecular weight excluding hydrogens is 242 g/mol. The lowest BCUT2D eigenvalue weighted by Gasteiger charge is -2.21. The molecule has 0 amide bonds. The quantitative estimate of drug-likeness (QED) is 0.829. The van der Waals surface area contributed by atoms with E-state index in [1.807, 2.05) is 0 Å². The second-order valence-electron chi connectivity index (χ2n) is 5.94. The fraction of sp³-hybridized carbons (Fsp3) is 0.643. The third-order valence-corrected chi connectivity index (χ3v) is 2.78. The second-order valence-corrected chi connectivity index (χ2v) is 5.94. The summed E-state index contributed by atoms with van der Waals surface area (Å²) < 4.78 is 4.57. The molecule has 1 aromatic heterocycles. The maximum absolute atomic E-state index is 11.2. The van der Waals surface area contributed by atoms with E-state index in [0.717, 1.165) is 12.8 Å². The van der Waals surface area contributed by atoms with Crippen molar-refractivity contribution in [2.45, 2.75) is 46.6 Å². The zero-order valence-electron chi connectivity index (χ0n) is 12.4. The van der Waals surface area contributed by atoms with E-state index in [1.54, 1.807) is 12.1 Å². The van der Waals surface area contributed by atoms with Crippen LogP contribution in [0.4, 0.5) is 5.82 Å². The van der Waals surface area contributed by atoms with Gasteiger partial charge in [0.2, 0.25) is 0 Å². The molecular formula is C14H23N3O2. The smallest absolute Gasteiger partial charge is 0.358 e. The van der Waals surface area contributed by atoms with Crippen molar-refractivity contribution in [1.29, 1.82) is 0 Å². The summed E-state index contributed by atoms with van der Waals surface area (Å²) in [6.07, 6.45) is 2.19. The SMILES string of the molecule is COC(=O)c1ccc(NC(C)CCC(C)(C)C)nn1. The summed E-state index contributed by atoms with van der Waals surface area (Å²) in [7, 11) is 1.32. The molecule has 1 aromatic rings. The number of methoxy groups -OCH3 is 1. The zero-order chi connectivity index (χ0) is 14.5. The first-order valence-electron chi connectivity index (χ1n) is 6.50. The van der Waals surface area contributed by atoms with E-state index in [-0.39, 0.29) is 5.69 Å². The fourth-order valence-electron chi connectivity index (χ4n) is 1.60. The third kappa shape index (κ3) is 5.68. The van der Waals surface area contributed by atoms with E-state index in [2.05, 4.69) is 47.9 Å². The highest BCUT2D eigenvalue weighted by atomic mass is 16.5. The van der Waals surface area contributed by atoms with Crippen LogP contribution in [-0.2, 0) is 4.74 Å². The maximum Gasteiger partial charge on any atom is 0.358 e. The number of carbonyl (C=O) groups excluding carboxylic acids is 1. The molecule has 5 nitrogen and oxygen atoms in total. The molecule has 0 spiro atoms. The van der Waals surface area contributed by atoms with Gasteiger partial charge in [-0.25, -0.2) is 4.79 Å². The highest BCUT2D eigenvalue weighted by Gasteiger charge is 2.13. The van der Waals surface area contributed by atoms with Crippen LogP contribution in [-0.4, -0.2) is 29.3 Å². The normalized spacial score (nSPS) is 12.9. The van der Waals surface area contributed by atoms with Crippen molar-refractivity contribution in [3.05, 3.63) is 17.8 Å². The standard InChI is InChI=1S/C14H23N3O2/c1-10(8-9-14(2,3)4)15-12-7-6-11(16-17-12)13(18)19-5/h6-7,10H,8-9H2,1-5H3,(H,15,17).